The monoisotopic (exact) mass is 457 g/mol. The smallest absolute Gasteiger partial charge is 0.418 e. The highest BCUT2D eigenvalue weighted by atomic mass is 19.4. The van der Waals surface area contributed by atoms with E-state index in [2.05, 4.69) is 4.99 Å². The summed E-state index contributed by atoms with van der Waals surface area (Å²) in [4.78, 5) is 17.0. The number of hydrogen-bond acceptors (Lipinski definition) is 3. The van der Waals surface area contributed by atoms with Crippen LogP contribution in [0.2, 0.25) is 0 Å². The molecule has 0 radical (unpaired) electrons. The Bertz CT molecular complexity index is 1150. The van der Waals surface area contributed by atoms with Crippen LogP contribution in [-0.2, 0) is 4.79 Å². The first-order valence-corrected chi connectivity index (χ1v) is 10.9. The predicted molar refractivity (Wildman–Crippen MR) is 118 cm³/mol. The molecular weight excluding hydrogens is 434 g/mol. The number of allylic oxidation sites excluding steroid dienone is 6. The molecule has 0 bridgehead atoms. The third kappa shape index (κ3) is 4.92. The molecule has 2 aromatic rings. The Morgan fingerprint density at radius 2 is 1.94 bits per heavy atom. The van der Waals surface area contributed by atoms with E-state index in [1.165, 1.54) is 24.7 Å². The highest BCUT2D eigenvalue weighted by Gasteiger charge is 2.42. The number of carbonyl (C=O) groups is 1. The second-order valence-corrected chi connectivity index (χ2v) is 8.23. The number of ketones is 1. The molecule has 1 aromatic carbocycles. The molecule has 4 rings (SSSR count). The molecule has 0 fully saturated rings. The van der Waals surface area contributed by atoms with Crippen molar-refractivity contribution >= 4 is 17.1 Å². The molecule has 2 unspecified atom stereocenters. The van der Waals surface area contributed by atoms with E-state index in [0.29, 0.717) is 29.5 Å². The number of hydrogen-bond donors (Lipinski definition) is 0. The molecule has 0 saturated heterocycles. The molecule has 33 heavy (non-hydrogen) atoms. The van der Waals surface area contributed by atoms with E-state index in [9.17, 15) is 22.4 Å². The van der Waals surface area contributed by atoms with E-state index in [0.717, 1.165) is 12.5 Å². The van der Waals surface area contributed by atoms with Crippen LogP contribution in [0.15, 0.2) is 81.8 Å². The predicted octanol–water partition coefficient (Wildman–Crippen LogP) is 7.19. The van der Waals surface area contributed by atoms with Crippen LogP contribution in [0.4, 0.5) is 17.6 Å². The lowest BCUT2D eigenvalue weighted by molar-refractivity contribution is -0.115. The van der Waals surface area contributed by atoms with Gasteiger partial charge >= 0.3 is 6.18 Å². The number of Topliss-reactive ketones (excluding diaryl/α,β-unsaturated/α-hetero) is 1. The summed E-state index contributed by atoms with van der Waals surface area (Å²) in [5, 5.41) is 0. The van der Waals surface area contributed by atoms with E-state index in [1.54, 1.807) is 30.3 Å². The first-order valence-electron chi connectivity index (χ1n) is 10.9. The Kier molecular flexibility index (Phi) is 6.49. The van der Waals surface area contributed by atoms with Crippen molar-refractivity contribution in [3.8, 4) is 0 Å². The standard InChI is InChI=1S/C26H23F4NO2/c1-2-5-16(20-6-3-4-7-22(20)27)8-9-24(32)23-14-19-12-18(17-10-11-33-15-17)13-21(25(19)31-23)26(28,29)30/h3-4,6-7,10-16,19H,2,5,8-9H2,1H3. The van der Waals surface area contributed by atoms with Gasteiger partial charge in [-0.25, -0.2) is 9.38 Å². The molecule has 0 saturated carbocycles. The zero-order valence-electron chi connectivity index (χ0n) is 18.0. The van der Waals surface area contributed by atoms with Crippen molar-refractivity contribution in [2.45, 2.75) is 44.7 Å². The molecule has 2 aliphatic rings. The Morgan fingerprint density at radius 1 is 1.15 bits per heavy atom. The third-order valence-corrected chi connectivity index (χ3v) is 5.98. The molecule has 1 aliphatic heterocycles. The second kappa shape index (κ2) is 9.33. The van der Waals surface area contributed by atoms with E-state index >= 15 is 0 Å². The minimum absolute atomic E-state index is 0.0265. The molecule has 172 valence electrons. The Hall–Kier alpha value is -3.22. The molecule has 0 N–H and O–H groups in total. The van der Waals surface area contributed by atoms with Crippen LogP contribution in [0.1, 0.15) is 49.7 Å². The van der Waals surface area contributed by atoms with Gasteiger partial charge in [0.2, 0.25) is 0 Å². The van der Waals surface area contributed by atoms with E-state index in [1.807, 2.05) is 6.92 Å². The number of halogens is 4. The lowest BCUT2D eigenvalue weighted by atomic mass is 9.86. The summed E-state index contributed by atoms with van der Waals surface area (Å²) in [6, 6.07) is 8.07. The van der Waals surface area contributed by atoms with E-state index in [-0.39, 0.29) is 35.3 Å². The highest BCUT2D eigenvalue weighted by Crippen LogP contribution is 2.40. The van der Waals surface area contributed by atoms with Gasteiger partial charge in [-0.2, -0.15) is 13.2 Å². The molecule has 0 amide bonds. The molecule has 2 atom stereocenters. The van der Waals surface area contributed by atoms with Crippen LogP contribution >= 0.6 is 0 Å². The molecular formula is C26H23F4NO2. The molecule has 3 nitrogen and oxygen atoms in total. The van der Waals surface area contributed by atoms with E-state index < -0.39 is 17.7 Å². The van der Waals surface area contributed by atoms with Gasteiger partial charge in [0.15, 0.2) is 5.78 Å². The summed E-state index contributed by atoms with van der Waals surface area (Å²) in [5.41, 5.74) is 0.447. The fourth-order valence-corrected chi connectivity index (χ4v) is 4.36. The number of fused-ring (bicyclic) bond motifs is 1. The maximum absolute atomic E-state index is 14.3. The number of aliphatic imine (C=N–C) groups is 1. The van der Waals surface area contributed by atoms with Gasteiger partial charge < -0.3 is 4.42 Å². The van der Waals surface area contributed by atoms with Gasteiger partial charge in [0.1, 0.15) is 11.5 Å². The first kappa shape index (κ1) is 23.0. The van der Waals surface area contributed by atoms with Gasteiger partial charge in [0, 0.05) is 17.9 Å². The summed E-state index contributed by atoms with van der Waals surface area (Å²) < 4.78 is 60.5. The largest absolute Gasteiger partial charge is 0.472 e. The SMILES string of the molecule is CCCC(CCC(=O)C1=CC2C=C(c3ccoc3)C=C(C(F)(F)F)C2=N1)c1ccccc1F. The van der Waals surface area contributed by atoms with Crippen LogP contribution in [0.5, 0.6) is 0 Å². The van der Waals surface area contributed by atoms with Crippen LogP contribution in [0, 0.1) is 11.7 Å². The maximum Gasteiger partial charge on any atom is 0.418 e. The van der Waals surface area contributed by atoms with Gasteiger partial charge in [-0.15, -0.1) is 0 Å². The molecule has 7 heteroatoms. The number of rotatable bonds is 8. The minimum Gasteiger partial charge on any atom is -0.472 e. The second-order valence-electron chi connectivity index (χ2n) is 8.23. The van der Waals surface area contributed by atoms with Crippen molar-refractivity contribution in [1.82, 2.24) is 0 Å². The number of alkyl halides is 3. The van der Waals surface area contributed by atoms with Crippen molar-refractivity contribution < 1.29 is 26.8 Å². The Balaban J connectivity index is 1.55. The fraction of sp³-hybridized carbons (Fsp3) is 0.308. The fourth-order valence-electron chi connectivity index (χ4n) is 4.36. The third-order valence-electron chi connectivity index (χ3n) is 5.98. The van der Waals surface area contributed by atoms with Crippen LogP contribution < -0.4 is 0 Å². The zero-order chi connectivity index (χ0) is 23.6. The molecule has 0 spiro atoms. The van der Waals surface area contributed by atoms with Crippen molar-refractivity contribution in [2.24, 2.45) is 10.9 Å². The van der Waals surface area contributed by atoms with Gasteiger partial charge in [-0.1, -0.05) is 37.6 Å². The maximum atomic E-state index is 14.3. The van der Waals surface area contributed by atoms with Crippen LogP contribution in [0.3, 0.4) is 0 Å². The van der Waals surface area contributed by atoms with Gasteiger partial charge in [0.05, 0.1) is 23.8 Å². The lowest BCUT2D eigenvalue weighted by Crippen LogP contribution is -2.25. The zero-order valence-corrected chi connectivity index (χ0v) is 18.0. The Labute approximate surface area is 189 Å². The molecule has 1 aliphatic carbocycles. The van der Waals surface area contributed by atoms with Crippen LogP contribution in [0.25, 0.3) is 5.57 Å². The average molecular weight is 457 g/mol. The molecule has 2 heterocycles. The van der Waals surface area contributed by atoms with Gasteiger partial charge in [0.25, 0.3) is 0 Å². The number of benzene rings is 1. The lowest BCUT2D eigenvalue weighted by Gasteiger charge is -2.20. The first-order chi connectivity index (χ1) is 15.8. The van der Waals surface area contributed by atoms with Crippen molar-refractivity contribution in [1.29, 1.82) is 0 Å². The minimum atomic E-state index is -4.61. The topological polar surface area (TPSA) is 42.6 Å². The van der Waals surface area contributed by atoms with Crippen molar-refractivity contribution in [3.63, 3.8) is 0 Å². The summed E-state index contributed by atoms with van der Waals surface area (Å²) in [6.45, 7) is 1.99. The average Bonchev–Trinajstić information content (AvgIpc) is 3.45. The van der Waals surface area contributed by atoms with Gasteiger partial charge in [-0.05, 0) is 54.2 Å². The summed E-state index contributed by atoms with van der Waals surface area (Å²) in [5.74, 6) is -1.54. The number of furan rings is 1. The summed E-state index contributed by atoms with van der Waals surface area (Å²) >= 11 is 0. The highest BCUT2D eigenvalue weighted by molar-refractivity contribution is 6.14. The van der Waals surface area contributed by atoms with Gasteiger partial charge in [-0.3, -0.25) is 4.79 Å². The van der Waals surface area contributed by atoms with Crippen LogP contribution in [-0.4, -0.2) is 17.7 Å². The normalized spacial score (nSPS) is 18.8. The van der Waals surface area contributed by atoms with Crippen molar-refractivity contribution in [3.05, 3.63) is 89.3 Å². The Morgan fingerprint density at radius 3 is 2.61 bits per heavy atom. The van der Waals surface area contributed by atoms with Crippen molar-refractivity contribution in [2.75, 3.05) is 0 Å². The van der Waals surface area contributed by atoms with E-state index in [4.69, 9.17) is 4.42 Å². The summed E-state index contributed by atoms with van der Waals surface area (Å²) in [6.07, 6.45) is 4.34. The quantitative estimate of drug-likeness (QED) is 0.394. The number of nitrogens with zero attached hydrogens (tertiary/aromatic N) is 1. The molecule has 1 aromatic heterocycles. The number of carbonyl (C=O) groups excluding carboxylic acids is 1. The summed E-state index contributed by atoms with van der Waals surface area (Å²) in [7, 11) is 0.